The van der Waals surface area contributed by atoms with E-state index in [1.165, 1.54) is 12.8 Å². The molecule has 2 unspecified atom stereocenters. The summed E-state index contributed by atoms with van der Waals surface area (Å²) in [6.45, 7) is 2.62. The van der Waals surface area contributed by atoms with Crippen molar-refractivity contribution in [2.24, 2.45) is 0 Å². The van der Waals surface area contributed by atoms with Gasteiger partial charge in [0, 0.05) is 0 Å². The fraction of sp³-hybridized carbons (Fsp3) is 0.778. The van der Waals surface area contributed by atoms with Gasteiger partial charge < -0.3 is 14.9 Å². The van der Waals surface area contributed by atoms with E-state index in [9.17, 15) is 5.11 Å². The molecule has 2 heterocycles. The first-order valence-corrected chi connectivity index (χ1v) is 5.02. The number of hydrogen-bond donors (Lipinski definition) is 2. The lowest BCUT2D eigenvalue weighted by molar-refractivity contribution is 0.151. The third-order valence-corrected chi connectivity index (χ3v) is 2.44. The van der Waals surface area contributed by atoms with Crippen LogP contribution in [0.25, 0.3) is 0 Å². The maximum atomic E-state index is 9.22. The Morgan fingerprint density at radius 1 is 1.57 bits per heavy atom. The molecule has 1 aromatic rings. The van der Waals surface area contributed by atoms with E-state index in [2.05, 4.69) is 15.5 Å². The molecule has 0 saturated carbocycles. The molecule has 2 atom stereocenters. The molecule has 0 aliphatic carbocycles. The van der Waals surface area contributed by atoms with Crippen LogP contribution in [-0.4, -0.2) is 21.8 Å². The van der Waals surface area contributed by atoms with Gasteiger partial charge in [0.15, 0.2) is 5.82 Å². The van der Waals surface area contributed by atoms with Gasteiger partial charge >= 0.3 is 0 Å². The largest absolute Gasteiger partial charge is 0.384 e. The fourth-order valence-electron chi connectivity index (χ4n) is 1.63. The molecule has 1 aliphatic rings. The van der Waals surface area contributed by atoms with Gasteiger partial charge in [0.25, 0.3) is 5.89 Å². The van der Waals surface area contributed by atoms with Gasteiger partial charge in [-0.1, -0.05) is 11.6 Å². The highest BCUT2D eigenvalue weighted by Gasteiger charge is 2.21. The zero-order chi connectivity index (χ0) is 9.97. The molecule has 0 radical (unpaired) electrons. The second kappa shape index (κ2) is 4.06. The molecular weight excluding hydrogens is 182 g/mol. The van der Waals surface area contributed by atoms with Gasteiger partial charge in [-0.2, -0.15) is 4.98 Å². The van der Waals surface area contributed by atoms with E-state index >= 15 is 0 Å². The van der Waals surface area contributed by atoms with E-state index in [1.807, 2.05) is 0 Å². The molecule has 0 spiro atoms. The molecule has 5 nitrogen and oxygen atoms in total. The smallest absolute Gasteiger partial charge is 0.255 e. The molecule has 0 amide bonds. The van der Waals surface area contributed by atoms with Crippen LogP contribution in [0.1, 0.15) is 50.0 Å². The van der Waals surface area contributed by atoms with Crippen molar-refractivity contribution in [3.05, 3.63) is 11.7 Å². The average Bonchev–Trinajstić information content (AvgIpc) is 2.68. The summed E-state index contributed by atoms with van der Waals surface area (Å²) in [6.07, 6.45) is 2.76. The zero-order valence-electron chi connectivity index (χ0n) is 8.23. The Hall–Kier alpha value is -0.940. The number of aliphatic hydroxyl groups is 1. The molecule has 1 aliphatic heterocycles. The van der Waals surface area contributed by atoms with Crippen molar-refractivity contribution >= 4 is 0 Å². The number of nitrogens with zero attached hydrogens (tertiary/aromatic N) is 2. The Balaban J connectivity index is 2.07. The fourth-order valence-corrected chi connectivity index (χ4v) is 1.63. The second-order valence-electron chi connectivity index (χ2n) is 3.67. The minimum absolute atomic E-state index is 0.194. The van der Waals surface area contributed by atoms with Crippen LogP contribution in [0.4, 0.5) is 0 Å². The number of aromatic nitrogens is 2. The van der Waals surface area contributed by atoms with Gasteiger partial charge in [0.1, 0.15) is 6.10 Å². The summed E-state index contributed by atoms with van der Waals surface area (Å²) in [5.41, 5.74) is 0. The topological polar surface area (TPSA) is 71.2 Å². The van der Waals surface area contributed by atoms with Crippen molar-refractivity contribution in [1.82, 2.24) is 15.5 Å². The lowest BCUT2D eigenvalue weighted by Crippen LogP contribution is -2.27. The molecule has 5 heteroatoms. The van der Waals surface area contributed by atoms with E-state index in [0.29, 0.717) is 11.7 Å². The number of nitrogens with one attached hydrogen (secondary N) is 1. The molecule has 14 heavy (non-hydrogen) atoms. The summed E-state index contributed by atoms with van der Waals surface area (Å²) in [4.78, 5) is 4.14. The number of rotatable bonds is 2. The molecule has 1 saturated heterocycles. The highest BCUT2D eigenvalue weighted by Crippen LogP contribution is 2.21. The minimum atomic E-state index is -0.681. The lowest BCUT2D eigenvalue weighted by Gasteiger charge is -2.19. The summed E-state index contributed by atoms with van der Waals surface area (Å²) in [6, 6.07) is 0.194. The predicted octanol–water partition coefficient (Wildman–Crippen LogP) is 0.938. The van der Waals surface area contributed by atoms with Gasteiger partial charge in [-0.15, -0.1) is 0 Å². The maximum Gasteiger partial charge on any atom is 0.255 e. The molecule has 1 aromatic heterocycles. The predicted molar refractivity (Wildman–Crippen MR) is 49.5 cm³/mol. The summed E-state index contributed by atoms with van der Waals surface area (Å²) >= 11 is 0. The summed E-state index contributed by atoms with van der Waals surface area (Å²) in [5.74, 6) is 0.966. The number of piperidine rings is 1. The molecule has 0 aromatic carbocycles. The van der Waals surface area contributed by atoms with Crippen molar-refractivity contribution in [3.63, 3.8) is 0 Å². The second-order valence-corrected chi connectivity index (χ2v) is 3.67. The summed E-state index contributed by atoms with van der Waals surface area (Å²) < 4.78 is 4.93. The van der Waals surface area contributed by atoms with Crippen LogP contribution < -0.4 is 5.32 Å². The highest BCUT2D eigenvalue weighted by atomic mass is 16.5. The van der Waals surface area contributed by atoms with Crippen LogP contribution >= 0.6 is 0 Å². The van der Waals surface area contributed by atoms with Crippen LogP contribution in [0.2, 0.25) is 0 Å². The maximum absolute atomic E-state index is 9.22. The highest BCUT2D eigenvalue weighted by molar-refractivity contribution is 4.96. The molecule has 78 valence electrons. The Morgan fingerprint density at radius 3 is 3.00 bits per heavy atom. The SMILES string of the molecule is CC(O)c1nc(C2CCCCN2)no1. The average molecular weight is 197 g/mol. The summed E-state index contributed by atoms with van der Waals surface area (Å²) in [7, 11) is 0. The van der Waals surface area contributed by atoms with E-state index in [-0.39, 0.29) is 6.04 Å². The standard InChI is InChI=1S/C9H15N3O2/c1-6(13)9-11-8(12-14-9)7-4-2-3-5-10-7/h6-7,10,13H,2-5H2,1H3. The van der Waals surface area contributed by atoms with Crippen LogP contribution in [0, 0.1) is 0 Å². The van der Waals surface area contributed by atoms with Crippen LogP contribution in [0.5, 0.6) is 0 Å². The van der Waals surface area contributed by atoms with Gasteiger partial charge in [0.2, 0.25) is 0 Å². The molecular formula is C9H15N3O2. The van der Waals surface area contributed by atoms with Crippen LogP contribution in [0.15, 0.2) is 4.52 Å². The van der Waals surface area contributed by atoms with Gasteiger partial charge in [-0.05, 0) is 26.3 Å². The van der Waals surface area contributed by atoms with Crippen molar-refractivity contribution in [2.45, 2.75) is 38.3 Å². The van der Waals surface area contributed by atoms with E-state index in [0.717, 1.165) is 13.0 Å². The van der Waals surface area contributed by atoms with Crippen molar-refractivity contribution in [3.8, 4) is 0 Å². The normalized spacial score (nSPS) is 24.9. The Labute approximate surface area is 82.5 Å². The number of aliphatic hydroxyl groups excluding tert-OH is 1. The Kier molecular flexibility index (Phi) is 2.79. The van der Waals surface area contributed by atoms with Gasteiger partial charge in [0.05, 0.1) is 6.04 Å². The summed E-state index contributed by atoms with van der Waals surface area (Å²) in [5, 5.41) is 16.4. The molecule has 2 N–H and O–H groups in total. The monoisotopic (exact) mass is 197 g/mol. The first-order chi connectivity index (χ1) is 6.77. The third kappa shape index (κ3) is 1.93. The zero-order valence-corrected chi connectivity index (χ0v) is 8.23. The first-order valence-electron chi connectivity index (χ1n) is 5.02. The number of hydrogen-bond acceptors (Lipinski definition) is 5. The van der Waals surface area contributed by atoms with E-state index < -0.39 is 6.10 Å². The van der Waals surface area contributed by atoms with Crippen LogP contribution in [0.3, 0.4) is 0 Å². The van der Waals surface area contributed by atoms with Crippen molar-refractivity contribution < 1.29 is 9.63 Å². The first kappa shape index (κ1) is 9.61. The van der Waals surface area contributed by atoms with E-state index in [1.54, 1.807) is 6.92 Å². The lowest BCUT2D eigenvalue weighted by atomic mass is 10.0. The Morgan fingerprint density at radius 2 is 2.43 bits per heavy atom. The van der Waals surface area contributed by atoms with Crippen molar-refractivity contribution in [2.75, 3.05) is 6.54 Å². The minimum Gasteiger partial charge on any atom is -0.384 e. The van der Waals surface area contributed by atoms with Crippen molar-refractivity contribution in [1.29, 1.82) is 0 Å². The molecule has 1 fully saturated rings. The van der Waals surface area contributed by atoms with Gasteiger partial charge in [-0.3, -0.25) is 0 Å². The molecule has 0 bridgehead atoms. The third-order valence-electron chi connectivity index (χ3n) is 2.44. The van der Waals surface area contributed by atoms with Crippen LogP contribution in [-0.2, 0) is 0 Å². The quantitative estimate of drug-likeness (QED) is 0.738. The van der Waals surface area contributed by atoms with E-state index in [4.69, 9.17) is 4.52 Å². The van der Waals surface area contributed by atoms with Gasteiger partial charge in [-0.25, -0.2) is 0 Å². The molecule has 2 rings (SSSR count). The Bertz CT molecular complexity index is 292.